The van der Waals surface area contributed by atoms with E-state index in [-0.39, 0.29) is 40.7 Å². The van der Waals surface area contributed by atoms with Gasteiger partial charge in [-0.05, 0) is 0 Å². The van der Waals surface area contributed by atoms with Crippen LogP contribution in [0, 0.1) is 10.8 Å². The van der Waals surface area contributed by atoms with Gasteiger partial charge < -0.3 is 0 Å². The van der Waals surface area contributed by atoms with E-state index in [0.29, 0.717) is 0 Å². The number of nitrogens with one attached hydrogen (secondary N) is 2. The average molecular weight is 496 g/mol. The molecule has 0 aliphatic heterocycles. The van der Waals surface area contributed by atoms with Crippen molar-refractivity contribution < 1.29 is 0 Å². The Balaban J connectivity index is 1.57. The Morgan fingerprint density at radius 2 is 0.821 bits per heavy atom. The number of hydrogen-bond donors (Lipinski definition) is 4. The molecule has 2 heterocycles. The zero-order valence-electron chi connectivity index (χ0n) is 14.9. The molecule has 0 radical (unpaired) electrons. The summed E-state index contributed by atoms with van der Waals surface area (Å²) in [7, 11) is 0. The van der Waals surface area contributed by atoms with Gasteiger partial charge in [0.2, 0.25) is 0 Å². The van der Waals surface area contributed by atoms with Gasteiger partial charge in [-0.15, -0.1) is 0 Å². The minimum atomic E-state index is 0.102. The van der Waals surface area contributed by atoms with E-state index < -0.39 is 0 Å². The third-order valence-corrected chi connectivity index (χ3v) is 9.97. The van der Waals surface area contributed by atoms with Crippen molar-refractivity contribution in [3.05, 3.63) is 83.9 Å². The van der Waals surface area contributed by atoms with Gasteiger partial charge in [0.25, 0.3) is 0 Å². The van der Waals surface area contributed by atoms with Crippen molar-refractivity contribution in [1.29, 1.82) is 10.8 Å². The first kappa shape index (κ1) is 18.7. The second kappa shape index (κ2) is 7.78. The van der Waals surface area contributed by atoms with Crippen LogP contribution in [0.15, 0.2) is 72.8 Å². The van der Waals surface area contributed by atoms with E-state index in [9.17, 15) is 0 Å². The summed E-state index contributed by atoms with van der Waals surface area (Å²) >= 11 is 0.570. The molecule has 138 valence electrons. The number of hydrogen-bond acceptors (Lipinski definition) is 2. The van der Waals surface area contributed by atoms with Crippen molar-refractivity contribution >= 4 is 40.7 Å². The Kier molecular flexibility index (Phi) is 5.21. The molecular formula is C22H18N4Se2. The predicted molar refractivity (Wildman–Crippen MR) is 119 cm³/mol. The molecule has 4 rings (SSSR count). The number of nitrogens with two attached hydrogens (primary N) is 2. The average Bonchev–Trinajstić information content (AvgIpc) is 3.38. The molecule has 4 aromatic rings. The topological polar surface area (TPSA) is 99.7 Å². The number of amidine groups is 2. The van der Waals surface area contributed by atoms with Crippen LogP contribution in [0.3, 0.4) is 0 Å². The molecule has 0 unspecified atom stereocenters. The van der Waals surface area contributed by atoms with E-state index in [0.717, 1.165) is 11.1 Å². The molecule has 0 fully saturated rings. The minimum absolute atomic E-state index is 0.102. The molecule has 0 bridgehead atoms. The Bertz CT molecular complexity index is 1060. The van der Waals surface area contributed by atoms with Gasteiger partial charge in [0.1, 0.15) is 0 Å². The monoisotopic (exact) mass is 498 g/mol. The molecule has 28 heavy (non-hydrogen) atoms. The summed E-state index contributed by atoms with van der Waals surface area (Å²) in [6.07, 6.45) is 0. The second-order valence-corrected chi connectivity index (χ2v) is 10.9. The van der Waals surface area contributed by atoms with Gasteiger partial charge in [-0.2, -0.15) is 0 Å². The van der Waals surface area contributed by atoms with Gasteiger partial charge in [0.05, 0.1) is 0 Å². The SMILES string of the molecule is N=C(N)c1ccc(-c2ccc(-c3ccc(-c4ccc(C(=N)N)cc4)[se]3)[se]2)cc1. The summed E-state index contributed by atoms with van der Waals surface area (Å²) in [5, 5.41) is 15.0. The Morgan fingerprint density at radius 1 is 0.500 bits per heavy atom. The molecule has 0 saturated heterocycles. The van der Waals surface area contributed by atoms with Crippen LogP contribution >= 0.6 is 0 Å². The van der Waals surface area contributed by atoms with E-state index in [4.69, 9.17) is 22.3 Å². The van der Waals surface area contributed by atoms with Crippen molar-refractivity contribution in [3.63, 3.8) is 0 Å². The fourth-order valence-electron chi connectivity index (χ4n) is 2.88. The van der Waals surface area contributed by atoms with Crippen LogP contribution in [0.4, 0.5) is 0 Å². The molecule has 0 aliphatic rings. The zero-order valence-corrected chi connectivity index (χ0v) is 18.3. The van der Waals surface area contributed by atoms with E-state index >= 15 is 0 Å². The molecule has 0 spiro atoms. The summed E-state index contributed by atoms with van der Waals surface area (Å²) in [6, 6.07) is 24.8. The second-order valence-electron chi connectivity index (χ2n) is 6.31. The standard InChI is InChI=1S/C22H18N4Se2/c23-21(24)15-5-1-13(2-6-15)17-9-11-19(27-17)20-12-10-18(28-20)14-3-7-16(8-4-14)22(25)26/h1-12H,(H3,23,24)(H3,25,26). The van der Waals surface area contributed by atoms with Gasteiger partial charge in [0, 0.05) is 0 Å². The van der Waals surface area contributed by atoms with E-state index in [1.807, 2.05) is 24.3 Å². The van der Waals surface area contributed by atoms with Crippen molar-refractivity contribution in [3.8, 4) is 28.9 Å². The molecule has 6 N–H and O–H groups in total. The fourth-order valence-corrected chi connectivity index (χ4v) is 7.70. The zero-order chi connectivity index (χ0) is 19.7. The van der Waals surface area contributed by atoms with Crippen molar-refractivity contribution in [2.75, 3.05) is 0 Å². The molecule has 0 aliphatic carbocycles. The summed E-state index contributed by atoms with van der Waals surface area (Å²) in [6.45, 7) is 0. The van der Waals surface area contributed by atoms with Gasteiger partial charge in [-0.25, -0.2) is 0 Å². The van der Waals surface area contributed by atoms with Gasteiger partial charge in [0.15, 0.2) is 0 Å². The first-order valence-electron chi connectivity index (χ1n) is 8.61. The van der Waals surface area contributed by atoms with E-state index in [1.165, 1.54) is 28.9 Å². The molecule has 2 aromatic heterocycles. The maximum atomic E-state index is 7.51. The predicted octanol–water partition coefficient (Wildman–Crippen LogP) is 3.37. The van der Waals surface area contributed by atoms with Crippen LogP contribution in [-0.4, -0.2) is 40.7 Å². The molecule has 0 amide bonds. The third kappa shape index (κ3) is 3.82. The van der Waals surface area contributed by atoms with Gasteiger partial charge in [-0.1, -0.05) is 0 Å². The molecule has 4 nitrogen and oxygen atoms in total. The summed E-state index contributed by atoms with van der Waals surface area (Å²) in [4.78, 5) is 0. The summed E-state index contributed by atoms with van der Waals surface area (Å²) in [5.41, 5.74) is 15.0. The summed E-state index contributed by atoms with van der Waals surface area (Å²) in [5.74, 6) is 0.204. The van der Waals surface area contributed by atoms with Gasteiger partial charge in [-0.3, -0.25) is 0 Å². The van der Waals surface area contributed by atoms with Crippen molar-refractivity contribution in [1.82, 2.24) is 0 Å². The number of nitrogen functional groups attached to an aromatic ring is 2. The van der Waals surface area contributed by atoms with Crippen molar-refractivity contribution in [2.45, 2.75) is 0 Å². The third-order valence-electron chi connectivity index (χ3n) is 4.42. The Morgan fingerprint density at radius 3 is 1.14 bits per heavy atom. The summed E-state index contributed by atoms with van der Waals surface area (Å²) < 4.78 is 5.58. The van der Waals surface area contributed by atoms with Crippen LogP contribution in [0.1, 0.15) is 11.1 Å². The van der Waals surface area contributed by atoms with Crippen LogP contribution in [-0.2, 0) is 0 Å². The van der Waals surface area contributed by atoms with Crippen LogP contribution in [0.5, 0.6) is 0 Å². The molecular weight excluding hydrogens is 478 g/mol. The van der Waals surface area contributed by atoms with E-state index in [2.05, 4.69) is 48.5 Å². The molecule has 2 aromatic carbocycles. The quantitative estimate of drug-likeness (QED) is 0.194. The van der Waals surface area contributed by atoms with Crippen LogP contribution < -0.4 is 11.5 Å². The Labute approximate surface area is 175 Å². The molecule has 0 saturated carbocycles. The normalized spacial score (nSPS) is 10.7. The molecule has 6 heteroatoms. The van der Waals surface area contributed by atoms with Crippen molar-refractivity contribution in [2.24, 2.45) is 11.5 Å². The first-order valence-corrected chi connectivity index (χ1v) is 12.0. The number of rotatable bonds is 5. The Hall–Kier alpha value is -2.62. The van der Waals surface area contributed by atoms with E-state index in [1.54, 1.807) is 0 Å². The van der Waals surface area contributed by atoms with Crippen LogP contribution in [0.2, 0.25) is 0 Å². The maximum absolute atomic E-state index is 7.51. The molecule has 0 atom stereocenters. The van der Waals surface area contributed by atoms with Gasteiger partial charge >= 0.3 is 176 Å². The van der Waals surface area contributed by atoms with Crippen LogP contribution in [0.25, 0.3) is 28.9 Å². The number of benzene rings is 2. The fraction of sp³-hybridized carbons (Fsp3) is 0. The first-order chi connectivity index (χ1) is 13.5.